The number of carbonyl (C=O) groups is 1. The zero-order chi connectivity index (χ0) is 11.9. The molecule has 0 radical (unpaired) electrons. The molecule has 5 heteroatoms. The van der Waals surface area contributed by atoms with Gasteiger partial charge in [-0.25, -0.2) is 0 Å². The Bertz CT molecular complexity index is 407. The van der Waals surface area contributed by atoms with E-state index in [9.17, 15) is 4.79 Å². The molecule has 2 heterocycles. The Morgan fingerprint density at radius 3 is 2.69 bits per heavy atom. The number of halogens is 1. The van der Waals surface area contributed by atoms with Crippen molar-refractivity contribution >= 4 is 17.5 Å². The zero-order valence-electron chi connectivity index (χ0n) is 9.48. The third kappa shape index (κ3) is 1.95. The van der Waals surface area contributed by atoms with Crippen LogP contribution in [0.25, 0.3) is 0 Å². The van der Waals surface area contributed by atoms with Gasteiger partial charge in [-0.3, -0.25) is 4.79 Å². The minimum absolute atomic E-state index is 0.0160. The lowest BCUT2D eigenvalue weighted by Gasteiger charge is -2.37. The summed E-state index contributed by atoms with van der Waals surface area (Å²) in [5.74, 6) is 0.0160. The maximum absolute atomic E-state index is 12.1. The normalized spacial score (nSPS) is 16.7. The molecule has 0 saturated carbocycles. The van der Waals surface area contributed by atoms with Crippen LogP contribution in [0.15, 0.2) is 12.3 Å². The highest BCUT2D eigenvalue weighted by atomic mass is 35.5. The van der Waals surface area contributed by atoms with Crippen LogP contribution in [0.1, 0.15) is 30.4 Å². The monoisotopic (exact) mass is 241 g/mol. The first-order chi connectivity index (χ1) is 7.49. The van der Waals surface area contributed by atoms with Crippen LogP contribution in [0.2, 0.25) is 5.02 Å². The van der Waals surface area contributed by atoms with Crippen LogP contribution >= 0.6 is 11.6 Å². The van der Waals surface area contributed by atoms with E-state index in [0.29, 0.717) is 23.8 Å². The molecule has 88 valence electrons. The fourth-order valence-electron chi connectivity index (χ4n) is 1.88. The number of likely N-dealkylation sites (tertiary alicyclic amines) is 1. The Hall–Kier alpha value is -1.00. The topological polar surface area (TPSA) is 51.3 Å². The second-order valence-electron chi connectivity index (χ2n) is 4.51. The minimum atomic E-state index is 0.0160. The molecule has 1 saturated heterocycles. The lowest BCUT2D eigenvalue weighted by Crippen LogP contribution is -2.58. The van der Waals surface area contributed by atoms with E-state index in [0.717, 1.165) is 0 Å². The summed E-state index contributed by atoms with van der Waals surface area (Å²) < 4.78 is 1.90. The van der Waals surface area contributed by atoms with Gasteiger partial charge in [-0.2, -0.15) is 0 Å². The van der Waals surface area contributed by atoms with Gasteiger partial charge in [0.15, 0.2) is 0 Å². The van der Waals surface area contributed by atoms with Crippen molar-refractivity contribution in [1.29, 1.82) is 0 Å². The smallest absolute Gasteiger partial charge is 0.270 e. The first-order valence-electron chi connectivity index (χ1n) is 5.41. The first-order valence-corrected chi connectivity index (χ1v) is 5.79. The van der Waals surface area contributed by atoms with Crippen LogP contribution in [0, 0.1) is 0 Å². The molecule has 0 aliphatic carbocycles. The molecule has 1 aliphatic rings. The molecule has 1 aromatic rings. The SMILES string of the molecule is CC(C)n1cc(Cl)cc1C(=O)N1CC(N)C1. The Morgan fingerprint density at radius 2 is 2.19 bits per heavy atom. The fraction of sp³-hybridized carbons (Fsp3) is 0.545. The molecule has 2 rings (SSSR count). The van der Waals surface area contributed by atoms with Crippen LogP contribution in [0.5, 0.6) is 0 Å². The first kappa shape index (κ1) is 11.5. The molecule has 1 aliphatic heterocycles. The second kappa shape index (κ2) is 4.11. The summed E-state index contributed by atoms with van der Waals surface area (Å²) >= 11 is 5.93. The number of hydrogen-bond donors (Lipinski definition) is 1. The average Bonchev–Trinajstić information content (AvgIpc) is 2.54. The van der Waals surface area contributed by atoms with Gasteiger partial charge in [0.1, 0.15) is 5.69 Å². The van der Waals surface area contributed by atoms with E-state index in [1.165, 1.54) is 0 Å². The number of hydrogen-bond acceptors (Lipinski definition) is 2. The Labute approximate surface area is 100.0 Å². The Kier molecular flexibility index (Phi) is 2.95. The number of nitrogens with zero attached hydrogens (tertiary/aromatic N) is 2. The highest BCUT2D eigenvalue weighted by Gasteiger charge is 2.30. The van der Waals surface area contributed by atoms with Gasteiger partial charge in [0.25, 0.3) is 5.91 Å². The summed E-state index contributed by atoms with van der Waals surface area (Å²) in [6.45, 7) is 5.32. The van der Waals surface area contributed by atoms with E-state index >= 15 is 0 Å². The maximum Gasteiger partial charge on any atom is 0.270 e. The maximum atomic E-state index is 12.1. The number of rotatable bonds is 2. The lowest BCUT2D eigenvalue weighted by atomic mass is 10.1. The van der Waals surface area contributed by atoms with E-state index in [2.05, 4.69) is 0 Å². The lowest BCUT2D eigenvalue weighted by molar-refractivity contribution is 0.0595. The fourth-order valence-corrected chi connectivity index (χ4v) is 2.09. The summed E-state index contributed by atoms with van der Waals surface area (Å²) in [4.78, 5) is 13.8. The van der Waals surface area contributed by atoms with Crippen molar-refractivity contribution in [3.05, 3.63) is 23.0 Å². The van der Waals surface area contributed by atoms with Gasteiger partial charge in [0, 0.05) is 31.4 Å². The quantitative estimate of drug-likeness (QED) is 0.853. The standard InChI is InChI=1S/C11H16ClN3O/c1-7(2)15-4-8(12)3-10(15)11(16)14-5-9(13)6-14/h3-4,7,9H,5-6,13H2,1-2H3. The van der Waals surface area contributed by atoms with Gasteiger partial charge in [-0.1, -0.05) is 11.6 Å². The minimum Gasteiger partial charge on any atom is -0.339 e. The van der Waals surface area contributed by atoms with Crippen molar-refractivity contribution < 1.29 is 4.79 Å². The van der Waals surface area contributed by atoms with Crippen LogP contribution in [-0.4, -0.2) is 34.5 Å². The van der Waals surface area contributed by atoms with E-state index in [1.807, 2.05) is 18.4 Å². The van der Waals surface area contributed by atoms with Crippen LogP contribution in [0.4, 0.5) is 0 Å². The Morgan fingerprint density at radius 1 is 1.56 bits per heavy atom. The predicted octanol–water partition coefficient (Wildman–Crippen LogP) is 1.51. The molecular weight excluding hydrogens is 226 g/mol. The van der Waals surface area contributed by atoms with E-state index < -0.39 is 0 Å². The molecular formula is C11H16ClN3O. The van der Waals surface area contributed by atoms with Crippen LogP contribution in [0.3, 0.4) is 0 Å². The van der Waals surface area contributed by atoms with E-state index in [4.69, 9.17) is 17.3 Å². The van der Waals surface area contributed by atoms with Gasteiger partial charge in [0.05, 0.1) is 5.02 Å². The van der Waals surface area contributed by atoms with E-state index in [-0.39, 0.29) is 18.0 Å². The van der Waals surface area contributed by atoms with Gasteiger partial charge in [0.2, 0.25) is 0 Å². The molecule has 0 spiro atoms. The van der Waals surface area contributed by atoms with Crippen molar-refractivity contribution in [2.24, 2.45) is 5.73 Å². The summed E-state index contributed by atoms with van der Waals surface area (Å²) in [6.07, 6.45) is 1.79. The van der Waals surface area contributed by atoms with Crippen molar-refractivity contribution in [3.63, 3.8) is 0 Å². The molecule has 4 nitrogen and oxygen atoms in total. The molecule has 0 unspecified atom stereocenters. The second-order valence-corrected chi connectivity index (χ2v) is 4.95. The van der Waals surface area contributed by atoms with Gasteiger partial charge < -0.3 is 15.2 Å². The molecule has 2 N–H and O–H groups in total. The zero-order valence-corrected chi connectivity index (χ0v) is 10.2. The summed E-state index contributed by atoms with van der Waals surface area (Å²) in [5, 5.41) is 0.599. The predicted molar refractivity (Wildman–Crippen MR) is 63.7 cm³/mol. The van der Waals surface area contributed by atoms with E-state index in [1.54, 1.807) is 17.2 Å². The molecule has 1 aromatic heterocycles. The number of amides is 1. The highest BCUT2D eigenvalue weighted by Crippen LogP contribution is 2.21. The molecule has 0 aromatic carbocycles. The van der Waals surface area contributed by atoms with Crippen molar-refractivity contribution in [3.8, 4) is 0 Å². The number of aromatic nitrogens is 1. The summed E-state index contributed by atoms with van der Waals surface area (Å²) in [7, 11) is 0. The molecule has 0 atom stereocenters. The van der Waals surface area contributed by atoms with Crippen LogP contribution in [-0.2, 0) is 0 Å². The van der Waals surface area contributed by atoms with Crippen molar-refractivity contribution in [2.75, 3.05) is 13.1 Å². The molecule has 0 bridgehead atoms. The largest absolute Gasteiger partial charge is 0.339 e. The van der Waals surface area contributed by atoms with Crippen LogP contribution < -0.4 is 5.73 Å². The summed E-state index contributed by atoms with van der Waals surface area (Å²) in [6, 6.07) is 2.07. The molecule has 1 amide bonds. The number of carbonyl (C=O) groups excluding carboxylic acids is 1. The van der Waals surface area contributed by atoms with Gasteiger partial charge in [-0.05, 0) is 19.9 Å². The summed E-state index contributed by atoms with van der Waals surface area (Å²) in [5.41, 5.74) is 6.31. The average molecular weight is 242 g/mol. The van der Waals surface area contributed by atoms with Crippen molar-refractivity contribution in [1.82, 2.24) is 9.47 Å². The van der Waals surface area contributed by atoms with Gasteiger partial charge >= 0.3 is 0 Å². The third-order valence-corrected chi connectivity index (χ3v) is 2.99. The van der Waals surface area contributed by atoms with Gasteiger partial charge in [-0.15, -0.1) is 0 Å². The molecule has 1 fully saturated rings. The van der Waals surface area contributed by atoms with Crippen molar-refractivity contribution in [2.45, 2.75) is 25.9 Å². The highest BCUT2D eigenvalue weighted by molar-refractivity contribution is 6.31. The number of nitrogens with two attached hydrogens (primary N) is 1. The third-order valence-electron chi connectivity index (χ3n) is 2.79. The molecule has 16 heavy (non-hydrogen) atoms. The Balaban J connectivity index is 2.22.